The van der Waals surface area contributed by atoms with Crippen LogP contribution >= 0.6 is 11.8 Å². The number of nitrogens with one attached hydrogen (secondary N) is 1. The van der Waals surface area contributed by atoms with Crippen LogP contribution in [0.15, 0.2) is 0 Å². The van der Waals surface area contributed by atoms with Gasteiger partial charge in [-0.05, 0) is 232 Å². The first kappa shape index (κ1) is 101. The van der Waals surface area contributed by atoms with Crippen molar-refractivity contribution in [3.8, 4) is 0 Å². The molecule has 0 aromatic carbocycles. The first-order chi connectivity index (χ1) is 38.6. The van der Waals surface area contributed by atoms with Gasteiger partial charge in [-0.1, -0.05) is 155 Å². The maximum atomic E-state index is 12.6. The Labute approximate surface area is 579 Å². The van der Waals surface area contributed by atoms with E-state index in [1.165, 1.54) is 69.5 Å². The number of rotatable bonds is 17. The smallest absolute Gasteiger partial charge is 0.347 e. The van der Waals surface area contributed by atoms with Crippen molar-refractivity contribution in [2.24, 2.45) is 62.6 Å². The molecule has 4 atom stereocenters. The van der Waals surface area contributed by atoms with Gasteiger partial charge in [-0.15, -0.1) is 0 Å². The standard InChI is InChI=1S/C18H30O2.C16H26O3.C14H26O2.C10H17NO2S.C10H16O4.10CH4/c1-5-17(3,4)16(19)20-18(6-2)14-8-12-7-13(10-14)11-15(18)9-12;1-4-14(2,3)13(17)19-16-8-11-5-12(9-16)7-15(18,6-11)10-16;1-5-13(3,4)12(15)16-14(6-2)10-8-7-9-11-14;1-4-10(2,3)9(13)11-7-5-6-14-8(7)12;1-4-10(2,3)9(12)14-7-5-6-13-8(7)11;;;;;;;;;;/h12-15H,5-11H2,1-4H3;11-12,18H,4-10H2,1-3H3;5-11H2,1-4H3;7H,4-6H2,1-3H3,(H,11,13);7H,4-6H2,1-3H3;10*1H4. The Morgan fingerprint density at radius 1 is 0.516 bits per heavy atom. The molecule has 15 heteroatoms. The lowest BCUT2D eigenvalue weighted by atomic mass is 9.49. The molecular formula is C78H155NO13S. The summed E-state index contributed by atoms with van der Waals surface area (Å²) < 4.78 is 27.9. The van der Waals surface area contributed by atoms with Crippen LogP contribution in [0, 0.1) is 62.6 Å². The van der Waals surface area contributed by atoms with Crippen LogP contribution < -0.4 is 5.32 Å². The van der Waals surface area contributed by atoms with E-state index >= 15 is 0 Å². The van der Waals surface area contributed by atoms with Gasteiger partial charge in [0.1, 0.15) is 16.8 Å². The van der Waals surface area contributed by atoms with Crippen LogP contribution in [0.1, 0.15) is 352 Å². The minimum Gasteiger partial charge on any atom is -0.463 e. The third-order valence-electron chi connectivity index (χ3n) is 22.0. The number of hydrogen-bond acceptors (Lipinski definition) is 14. The van der Waals surface area contributed by atoms with E-state index in [0.29, 0.717) is 49.5 Å². The molecule has 2 heterocycles. The monoisotopic (exact) mass is 1350 g/mol. The second-order valence-corrected chi connectivity index (χ2v) is 31.4. The van der Waals surface area contributed by atoms with E-state index in [-0.39, 0.29) is 148 Å². The maximum absolute atomic E-state index is 12.6. The predicted octanol–water partition coefficient (Wildman–Crippen LogP) is 20.9. The van der Waals surface area contributed by atoms with Crippen molar-refractivity contribution in [1.82, 2.24) is 5.32 Å². The van der Waals surface area contributed by atoms with Crippen LogP contribution in [0.25, 0.3) is 0 Å². The molecule has 0 spiro atoms. The Hall–Kier alpha value is -3.20. The van der Waals surface area contributed by atoms with E-state index in [1.807, 2.05) is 83.1 Å². The molecule has 2 N–H and O–H groups in total. The molecule has 0 radical (unpaired) electrons. The number of carbonyl (C=O) groups is 7. The summed E-state index contributed by atoms with van der Waals surface area (Å²) in [5.74, 6) is 4.25. The van der Waals surface area contributed by atoms with Gasteiger partial charge in [-0.3, -0.25) is 28.8 Å². The van der Waals surface area contributed by atoms with Crippen LogP contribution in [-0.2, 0) is 57.2 Å². The van der Waals surface area contributed by atoms with Gasteiger partial charge < -0.3 is 34.1 Å². The fraction of sp³-hybridized carbons (Fsp3) is 0.910. The first-order valence-corrected chi connectivity index (χ1v) is 33.8. The van der Waals surface area contributed by atoms with Crippen LogP contribution in [-0.4, -0.2) is 92.9 Å². The minimum absolute atomic E-state index is 0. The molecular weight excluding hydrogens is 1190 g/mol. The molecule has 14 nitrogen and oxygen atoms in total. The quantitative estimate of drug-likeness (QED) is 0.103. The summed E-state index contributed by atoms with van der Waals surface area (Å²) in [4.78, 5) is 82.7. The largest absolute Gasteiger partial charge is 0.463 e. The lowest BCUT2D eigenvalue weighted by Gasteiger charge is -2.60. The van der Waals surface area contributed by atoms with Crippen LogP contribution in [0.2, 0.25) is 0 Å². The van der Waals surface area contributed by atoms with Gasteiger partial charge in [0.2, 0.25) is 17.1 Å². The number of hydrogen-bond donors (Lipinski definition) is 2. The number of thioether (sulfide) groups is 1. The highest BCUT2D eigenvalue weighted by molar-refractivity contribution is 8.14. The van der Waals surface area contributed by atoms with Gasteiger partial charge in [-0.25, -0.2) is 4.79 Å². The molecule has 11 rings (SSSR count). The summed E-state index contributed by atoms with van der Waals surface area (Å²) in [7, 11) is 0. The zero-order valence-corrected chi connectivity index (χ0v) is 55.8. The second-order valence-electron chi connectivity index (χ2n) is 30.3. The van der Waals surface area contributed by atoms with E-state index in [9.17, 15) is 38.7 Å². The number of cyclic esters (lactones) is 1. The number of ether oxygens (including phenoxy) is 5. The molecule has 9 saturated carbocycles. The van der Waals surface area contributed by atoms with E-state index in [2.05, 4.69) is 26.1 Å². The van der Waals surface area contributed by atoms with Crippen LogP contribution in [0.3, 0.4) is 0 Å². The zero-order valence-electron chi connectivity index (χ0n) is 55.0. The van der Waals surface area contributed by atoms with Crippen molar-refractivity contribution < 1.29 is 62.4 Å². The maximum Gasteiger partial charge on any atom is 0.347 e. The second kappa shape index (κ2) is 40.6. The summed E-state index contributed by atoms with van der Waals surface area (Å²) in [5, 5.41) is 13.6. The van der Waals surface area contributed by atoms with Crippen molar-refractivity contribution in [1.29, 1.82) is 0 Å². The van der Waals surface area contributed by atoms with Gasteiger partial charge in [-0.2, -0.15) is 0 Å². The van der Waals surface area contributed by atoms with E-state index in [0.717, 1.165) is 101 Å². The van der Waals surface area contributed by atoms with Gasteiger partial charge in [0.25, 0.3) is 0 Å². The van der Waals surface area contributed by atoms with Crippen molar-refractivity contribution in [2.45, 2.75) is 387 Å². The van der Waals surface area contributed by atoms with Gasteiger partial charge in [0.15, 0.2) is 0 Å². The lowest BCUT2D eigenvalue weighted by Crippen LogP contribution is -2.61. The minimum atomic E-state index is -0.687. The number of carbonyl (C=O) groups excluding carboxylic acids is 7. The van der Waals surface area contributed by atoms with Crippen LogP contribution in [0.4, 0.5) is 0 Å². The van der Waals surface area contributed by atoms with Crippen molar-refractivity contribution in [2.75, 3.05) is 12.4 Å². The van der Waals surface area contributed by atoms with Gasteiger partial charge in [0.05, 0.1) is 39.9 Å². The summed E-state index contributed by atoms with van der Waals surface area (Å²) in [6, 6.07) is -0.252. The third kappa shape index (κ3) is 25.2. The molecule has 8 bridgehead atoms. The Kier molecular flexibility index (Phi) is 44.1. The number of amides is 1. The number of aliphatic hydroxyl groups is 1. The van der Waals surface area contributed by atoms with E-state index in [1.54, 1.807) is 13.8 Å². The molecule has 93 heavy (non-hydrogen) atoms. The van der Waals surface area contributed by atoms with E-state index in [4.69, 9.17) is 23.7 Å². The summed E-state index contributed by atoms with van der Waals surface area (Å²) in [6.45, 7) is 34.0. The molecule has 11 aliphatic rings. The highest BCUT2D eigenvalue weighted by Gasteiger charge is 2.61. The molecule has 2 saturated heterocycles. The average molecular weight is 1350 g/mol. The Balaban J connectivity index is -0.000000250. The fourth-order valence-corrected chi connectivity index (χ4v) is 15.3. The molecule has 0 aromatic rings. The molecule has 0 aromatic heterocycles. The van der Waals surface area contributed by atoms with Gasteiger partial charge in [0, 0.05) is 24.0 Å². The van der Waals surface area contributed by atoms with Crippen molar-refractivity contribution in [3.63, 3.8) is 0 Å². The average Bonchev–Trinajstić information content (AvgIpc) is 1.13. The predicted molar refractivity (Wildman–Crippen MR) is 394 cm³/mol. The Bertz CT molecular complexity index is 2150. The molecule has 2 aliphatic heterocycles. The fourth-order valence-electron chi connectivity index (χ4n) is 14.3. The summed E-state index contributed by atoms with van der Waals surface area (Å²) >= 11 is 1.31. The Morgan fingerprint density at radius 2 is 0.925 bits per heavy atom. The van der Waals surface area contributed by atoms with E-state index < -0.39 is 28.5 Å². The van der Waals surface area contributed by atoms with Crippen molar-refractivity contribution >= 4 is 52.6 Å². The SMILES string of the molecule is C.C.C.C.C.C.C.C.C.C.CCC(C)(C)C(=O)NC1CCSC1=O.CCC(C)(C)C(=O)OC1(CC)C2CC3CC(C2)CC1C3.CCC(C)(C)C(=O)OC12CC3CC(CC(O)(C3)C1)C2.CCC(C)(C)C(=O)OC1CCOC1=O.CCC1(OC(=O)C(C)(C)CC)CCCCC1. The lowest BCUT2D eigenvalue weighted by molar-refractivity contribution is -0.225. The van der Waals surface area contributed by atoms with Gasteiger partial charge >= 0.3 is 29.8 Å². The molecule has 1 amide bonds. The highest BCUT2D eigenvalue weighted by Crippen LogP contribution is 2.62. The van der Waals surface area contributed by atoms with Crippen LogP contribution in [0.5, 0.6) is 0 Å². The third-order valence-corrected chi connectivity index (χ3v) is 23.0. The molecule has 4 unspecified atom stereocenters. The molecule has 9 aliphatic carbocycles. The normalized spacial score (nSPS) is 28.5. The highest BCUT2D eigenvalue weighted by atomic mass is 32.2. The summed E-state index contributed by atoms with van der Waals surface area (Å²) in [5.41, 5.74) is -3.17. The zero-order chi connectivity index (χ0) is 62.2. The molecule has 11 fully saturated rings. The molecule has 556 valence electrons. The number of esters is 5. The summed E-state index contributed by atoms with van der Waals surface area (Å²) in [6.07, 6.45) is 24.6. The topological polar surface area (TPSA) is 198 Å². The Morgan fingerprint density at radius 3 is 1.29 bits per heavy atom. The first-order valence-electron chi connectivity index (χ1n) is 32.8. The van der Waals surface area contributed by atoms with Crippen molar-refractivity contribution in [3.05, 3.63) is 0 Å².